The summed E-state index contributed by atoms with van der Waals surface area (Å²) in [5.74, 6) is -17.4. The molecule has 28 nitrogen and oxygen atoms in total. The van der Waals surface area contributed by atoms with Gasteiger partial charge in [0.15, 0.2) is 58.2 Å². The third-order valence-electron chi connectivity index (χ3n) is 14.1. The first-order valence-corrected chi connectivity index (χ1v) is 24.7. The van der Waals surface area contributed by atoms with E-state index >= 15 is 19.2 Å². The van der Waals surface area contributed by atoms with Crippen LogP contribution in [0, 0.1) is 5.92 Å². The first-order valence-electron chi connectivity index (χ1n) is 24.7. The highest BCUT2D eigenvalue weighted by Crippen LogP contribution is 2.59. The minimum atomic E-state index is -2.76. The average Bonchev–Trinajstić information content (AvgIpc) is 2.00. The number of carbonyl (C=O) groups is 7. The third kappa shape index (κ3) is 10.1. The number of ether oxygens (including phenoxy) is 21. The van der Waals surface area contributed by atoms with E-state index in [0.717, 1.165) is 33.5 Å². The molecule has 0 radical (unpaired) electrons. The van der Waals surface area contributed by atoms with E-state index in [9.17, 15) is 14.4 Å². The van der Waals surface area contributed by atoms with Crippen molar-refractivity contribution < 1.29 is 133 Å². The predicted octanol–water partition coefficient (Wildman–Crippen LogP) is 4.05. The summed E-state index contributed by atoms with van der Waals surface area (Å²) in [4.78, 5) is 105. The second kappa shape index (κ2) is 24.4. The molecule has 4 aromatic carbocycles. The summed E-state index contributed by atoms with van der Waals surface area (Å²) in [7, 11) is 16.9. The van der Waals surface area contributed by atoms with Crippen LogP contribution < -0.4 is 56.8 Å². The second-order valence-electron chi connectivity index (χ2n) is 18.0. The number of benzene rings is 4. The smallest absolute Gasteiger partial charge is 0.380 e. The number of hydrogen-bond acceptors (Lipinski definition) is 28. The van der Waals surface area contributed by atoms with Gasteiger partial charge in [-0.05, 0) is 30.3 Å². The number of rotatable bonds is 17. The van der Waals surface area contributed by atoms with E-state index in [0.29, 0.717) is 0 Å². The summed E-state index contributed by atoms with van der Waals surface area (Å²) in [6.07, 6.45) is -11.8. The summed E-state index contributed by atoms with van der Waals surface area (Å²) >= 11 is 0. The quantitative estimate of drug-likeness (QED) is 0.106. The van der Waals surface area contributed by atoms with Gasteiger partial charge in [0, 0.05) is 23.8 Å². The zero-order valence-electron chi connectivity index (χ0n) is 47.3. The van der Waals surface area contributed by atoms with Gasteiger partial charge in [0.1, 0.15) is 12.7 Å². The maximum Gasteiger partial charge on any atom is 0.380 e. The van der Waals surface area contributed by atoms with Gasteiger partial charge in [-0.25, -0.2) is 24.0 Å². The molecule has 1 saturated heterocycles. The van der Waals surface area contributed by atoms with Crippen molar-refractivity contribution in [1.29, 1.82) is 0 Å². The molecule has 4 bridgehead atoms. The molecule has 8 rings (SSSR count). The molecular weight excluding hydrogens is 1110 g/mol. The van der Waals surface area contributed by atoms with Crippen LogP contribution >= 0.6 is 0 Å². The van der Waals surface area contributed by atoms with Gasteiger partial charge in [-0.15, -0.1) is 0 Å². The van der Waals surface area contributed by atoms with E-state index in [4.69, 9.17) is 99.5 Å². The van der Waals surface area contributed by atoms with Crippen molar-refractivity contribution in [1.82, 2.24) is 0 Å². The molecule has 1 unspecified atom stereocenters. The van der Waals surface area contributed by atoms with E-state index in [1.165, 1.54) is 96.4 Å². The zero-order valence-corrected chi connectivity index (χ0v) is 47.3. The maximum absolute atomic E-state index is 15.8. The molecule has 4 aliphatic rings. The number of methoxy groups -OCH3 is 14. The van der Waals surface area contributed by atoms with Gasteiger partial charge in [-0.1, -0.05) is 0 Å². The van der Waals surface area contributed by atoms with Gasteiger partial charge in [0.2, 0.25) is 35.4 Å². The van der Waals surface area contributed by atoms with Crippen LogP contribution in [0.5, 0.6) is 69.0 Å². The van der Waals surface area contributed by atoms with Gasteiger partial charge in [-0.3, -0.25) is 9.59 Å². The molecule has 4 aromatic rings. The van der Waals surface area contributed by atoms with Crippen molar-refractivity contribution in [2.45, 2.75) is 48.8 Å². The van der Waals surface area contributed by atoms with Crippen LogP contribution in [0.2, 0.25) is 0 Å². The highest BCUT2D eigenvalue weighted by molar-refractivity contribution is 6.09. The largest absolute Gasteiger partial charge is 0.493 e. The Hall–Kier alpha value is -9.31. The highest BCUT2D eigenvalue weighted by Gasteiger charge is 2.65. The summed E-state index contributed by atoms with van der Waals surface area (Å²) in [6.45, 7) is -0.993. The Morgan fingerprint density at radius 1 is 0.518 bits per heavy atom. The van der Waals surface area contributed by atoms with Crippen LogP contribution in [-0.4, -0.2) is 184 Å². The van der Waals surface area contributed by atoms with E-state index in [1.54, 1.807) is 0 Å². The van der Waals surface area contributed by atoms with Gasteiger partial charge in [-0.2, -0.15) is 0 Å². The van der Waals surface area contributed by atoms with Crippen LogP contribution in [0.25, 0.3) is 11.1 Å². The lowest BCUT2D eigenvalue weighted by Gasteiger charge is -2.44. The Morgan fingerprint density at radius 3 is 1.49 bits per heavy atom. The van der Waals surface area contributed by atoms with Crippen molar-refractivity contribution in [3.63, 3.8) is 0 Å². The Bertz CT molecular complexity index is 3220. The topological polar surface area (TPSA) is 313 Å². The molecule has 4 heterocycles. The fraction of sp³-hybridized carbons (Fsp3) is 0.436. The molecule has 83 heavy (non-hydrogen) atoms. The Morgan fingerprint density at radius 2 is 1.00 bits per heavy atom. The molecule has 4 aliphatic heterocycles. The second-order valence-corrected chi connectivity index (χ2v) is 18.0. The maximum atomic E-state index is 15.8. The SMILES string of the molecule is COC(=O)CC1C(=O)O[C@H]2[C@@H]3OC(=O)c4cc(OC)c(OC)c(OC)c4-c4c(cc(OC)c(OC)c4OC)C(=O)OC[C@H]2O[C@@H](OC(=O)c2cc(OC)c(OC)c(OC)c2)[C@@H]3OC(=O)c2cc(OC)c(OC)c3c2[C@H]1[C@@](OC)(C(=O)OC)O3. The first kappa shape index (κ1) is 59.8. The van der Waals surface area contributed by atoms with Crippen LogP contribution in [0.4, 0.5) is 0 Å². The van der Waals surface area contributed by atoms with Crippen molar-refractivity contribution in [2.24, 2.45) is 5.92 Å². The first-order chi connectivity index (χ1) is 39.9. The number of esters is 7. The lowest BCUT2D eigenvalue weighted by Crippen LogP contribution is -2.63. The van der Waals surface area contributed by atoms with E-state index in [-0.39, 0.29) is 91.1 Å². The molecule has 0 N–H and O–H groups in total. The predicted molar refractivity (Wildman–Crippen MR) is 275 cm³/mol. The third-order valence-corrected chi connectivity index (χ3v) is 14.1. The monoisotopic (exact) mass is 1170 g/mol. The van der Waals surface area contributed by atoms with Gasteiger partial charge in [0.25, 0.3) is 0 Å². The molecule has 0 spiro atoms. The molecule has 0 saturated carbocycles. The number of carbonyl (C=O) groups excluding carboxylic acids is 7. The van der Waals surface area contributed by atoms with Crippen molar-refractivity contribution >= 4 is 41.8 Å². The van der Waals surface area contributed by atoms with Crippen molar-refractivity contribution in [2.75, 3.05) is 106 Å². The van der Waals surface area contributed by atoms with Crippen LogP contribution in [-0.2, 0) is 57.0 Å². The number of hydrogen-bond donors (Lipinski definition) is 0. The summed E-state index contributed by atoms with van der Waals surface area (Å²) < 4.78 is 123. The van der Waals surface area contributed by atoms with Crippen molar-refractivity contribution in [3.8, 4) is 80.1 Å². The molecule has 0 aromatic heterocycles. The standard InChI is InChI=1S/C55H58O28/c1-63-27-15-22(16-28(64-2)38(27)69-7)48(57)82-53-47-46-42(79-52(61)26(20-33(56)68-6)37-36-25(51(60)81-47)19-31(67-5)41(72-10)45(36)83-55(37,76-14)54(62)75-13)32(78-53)21-77-49(58)23-17-29(65-3)39(70-8)43(73-11)34(23)35-24(50(59)80-46)18-30(66-4)40(71-9)44(35)74-12/h15-19,26,32,37,42,46-47,53H,20-21H2,1-14H3/t26?,32-,37+,42-,46+,47-,53+,55+/m1/s1. The van der Waals surface area contributed by atoms with Crippen LogP contribution in [0.3, 0.4) is 0 Å². The minimum Gasteiger partial charge on any atom is -0.493 e. The van der Waals surface area contributed by atoms with Gasteiger partial charge < -0.3 is 99.5 Å². The molecule has 28 heteroatoms. The fourth-order valence-corrected chi connectivity index (χ4v) is 10.4. The summed E-state index contributed by atoms with van der Waals surface area (Å²) in [5.41, 5.74) is -2.56. The molecule has 1 fully saturated rings. The van der Waals surface area contributed by atoms with Gasteiger partial charge in [0.05, 0.1) is 133 Å². The Labute approximate surface area is 472 Å². The number of cyclic esters (lactones) is 1. The van der Waals surface area contributed by atoms with E-state index < -0.39 is 120 Å². The normalized spacial score (nSPS) is 22.3. The lowest BCUT2D eigenvalue weighted by atomic mass is 9.77. The molecule has 0 amide bonds. The number of fused-ring (bicyclic) bond motifs is 3. The Balaban J connectivity index is 1.46. The van der Waals surface area contributed by atoms with Crippen molar-refractivity contribution in [3.05, 3.63) is 58.1 Å². The zero-order chi connectivity index (χ0) is 60.4. The van der Waals surface area contributed by atoms with Crippen LogP contribution in [0.15, 0.2) is 30.3 Å². The van der Waals surface area contributed by atoms with E-state index in [2.05, 4.69) is 0 Å². The molecule has 446 valence electrons. The molecule has 8 atom stereocenters. The lowest BCUT2D eigenvalue weighted by molar-refractivity contribution is -0.288. The fourth-order valence-electron chi connectivity index (χ4n) is 10.4. The summed E-state index contributed by atoms with van der Waals surface area (Å²) in [6, 6.07) is 5.92. The van der Waals surface area contributed by atoms with Crippen LogP contribution in [0.1, 0.15) is 59.3 Å². The minimum absolute atomic E-state index is 0.00486. The highest BCUT2D eigenvalue weighted by atomic mass is 16.8. The molecular formula is C55H58O28. The average molecular weight is 1170 g/mol. The van der Waals surface area contributed by atoms with E-state index in [1.807, 2.05) is 0 Å². The molecule has 0 aliphatic carbocycles. The van der Waals surface area contributed by atoms with Gasteiger partial charge >= 0.3 is 47.6 Å². The Kier molecular flexibility index (Phi) is 17.6. The summed E-state index contributed by atoms with van der Waals surface area (Å²) in [5, 5.41) is 0.